The van der Waals surface area contributed by atoms with E-state index in [1.807, 2.05) is 0 Å². The molecular formula is C13H23N. The van der Waals surface area contributed by atoms with E-state index in [-0.39, 0.29) is 0 Å². The molecule has 0 N–H and O–H groups in total. The fourth-order valence-corrected chi connectivity index (χ4v) is 2.16. The van der Waals surface area contributed by atoms with E-state index in [0.717, 1.165) is 6.54 Å². The van der Waals surface area contributed by atoms with Crippen molar-refractivity contribution in [2.24, 2.45) is 5.41 Å². The Balaban J connectivity index is 2.79. The smallest absolute Gasteiger partial charge is 0.0108 e. The number of rotatable bonds is 3. The zero-order valence-corrected chi connectivity index (χ0v) is 10.4. The van der Waals surface area contributed by atoms with Gasteiger partial charge in [0.2, 0.25) is 0 Å². The minimum absolute atomic E-state index is 0.314. The van der Waals surface area contributed by atoms with Gasteiger partial charge in [-0.2, -0.15) is 0 Å². The van der Waals surface area contributed by atoms with Gasteiger partial charge >= 0.3 is 0 Å². The highest BCUT2D eigenvalue weighted by molar-refractivity contribution is 5.43. The van der Waals surface area contributed by atoms with Crippen molar-refractivity contribution in [3.8, 4) is 0 Å². The summed E-state index contributed by atoms with van der Waals surface area (Å²) >= 11 is 0. The highest BCUT2D eigenvalue weighted by Gasteiger charge is 2.32. The summed E-state index contributed by atoms with van der Waals surface area (Å²) in [4.78, 5) is 2.26. The summed E-state index contributed by atoms with van der Waals surface area (Å²) in [5.74, 6) is 0. The van der Waals surface area contributed by atoms with Crippen LogP contribution in [0.5, 0.6) is 0 Å². The van der Waals surface area contributed by atoms with E-state index >= 15 is 0 Å². The number of nitrogens with zero attached hydrogens (tertiary/aromatic N) is 1. The third-order valence-corrected chi connectivity index (χ3v) is 3.78. The molecule has 1 heteroatoms. The van der Waals surface area contributed by atoms with Crippen LogP contribution in [0.3, 0.4) is 0 Å². The van der Waals surface area contributed by atoms with Gasteiger partial charge in [-0.15, -0.1) is 0 Å². The first-order chi connectivity index (χ1) is 6.38. The van der Waals surface area contributed by atoms with Crippen LogP contribution in [0.4, 0.5) is 0 Å². The first-order valence-corrected chi connectivity index (χ1v) is 5.39. The lowest BCUT2D eigenvalue weighted by Crippen LogP contribution is -2.24. The standard InChI is InChI=1S/C13H23N/c1-10-9-11(2)13(4,12(10)3)7-8-14(5)6/h9H,7-8H2,1-6H3. The van der Waals surface area contributed by atoms with E-state index in [1.54, 1.807) is 5.57 Å². The summed E-state index contributed by atoms with van der Waals surface area (Å²) in [5, 5.41) is 0. The van der Waals surface area contributed by atoms with Gasteiger partial charge in [0, 0.05) is 5.41 Å². The van der Waals surface area contributed by atoms with Crippen LogP contribution in [-0.2, 0) is 0 Å². The number of hydrogen-bond donors (Lipinski definition) is 0. The molecule has 1 unspecified atom stereocenters. The molecule has 1 aliphatic carbocycles. The minimum atomic E-state index is 0.314. The molecule has 0 aliphatic heterocycles. The fourth-order valence-electron chi connectivity index (χ4n) is 2.16. The lowest BCUT2D eigenvalue weighted by molar-refractivity contribution is 0.329. The normalized spacial score (nSPS) is 27.5. The molecule has 0 aromatic heterocycles. The minimum Gasteiger partial charge on any atom is -0.309 e. The summed E-state index contributed by atoms with van der Waals surface area (Å²) in [7, 11) is 4.28. The molecule has 0 radical (unpaired) electrons. The van der Waals surface area contributed by atoms with Gasteiger partial charge in [0.05, 0.1) is 0 Å². The maximum atomic E-state index is 2.37. The van der Waals surface area contributed by atoms with Crippen molar-refractivity contribution in [1.29, 1.82) is 0 Å². The van der Waals surface area contributed by atoms with E-state index in [2.05, 4.69) is 52.8 Å². The molecule has 1 atom stereocenters. The summed E-state index contributed by atoms with van der Waals surface area (Å²) < 4.78 is 0. The first-order valence-electron chi connectivity index (χ1n) is 5.39. The van der Waals surface area contributed by atoms with Crippen molar-refractivity contribution in [1.82, 2.24) is 4.90 Å². The predicted molar refractivity (Wildman–Crippen MR) is 63.4 cm³/mol. The predicted octanol–water partition coefficient (Wildman–Crippen LogP) is 3.24. The maximum Gasteiger partial charge on any atom is 0.0108 e. The maximum absolute atomic E-state index is 2.37. The Kier molecular flexibility index (Phi) is 3.20. The second-order valence-electron chi connectivity index (χ2n) is 5.02. The molecule has 1 aliphatic rings. The largest absolute Gasteiger partial charge is 0.309 e. The zero-order chi connectivity index (χ0) is 10.9. The quantitative estimate of drug-likeness (QED) is 0.665. The van der Waals surface area contributed by atoms with Gasteiger partial charge in [-0.25, -0.2) is 0 Å². The third-order valence-electron chi connectivity index (χ3n) is 3.78. The van der Waals surface area contributed by atoms with Gasteiger partial charge in [-0.05, 0) is 47.8 Å². The van der Waals surface area contributed by atoms with Gasteiger partial charge < -0.3 is 4.90 Å². The van der Waals surface area contributed by atoms with Crippen molar-refractivity contribution < 1.29 is 0 Å². The van der Waals surface area contributed by atoms with Gasteiger partial charge in [-0.1, -0.05) is 29.7 Å². The molecule has 0 amide bonds. The van der Waals surface area contributed by atoms with E-state index in [9.17, 15) is 0 Å². The van der Waals surface area contributed by atoms with Crippen LogP contribution in [0, 0.1) is 5.41 Å². The highest BCUT2D eigenvalue weighted by Crippen LogP contribution is 2.45. The SMILES string of the molecule is CC1=CC(C)=C(C)C1(C)CCN(C)C. The Morgan fingerprint density at radius 2 is 1.79 bits per heavy atom. The molecule has 14 heavy (non-hydrogen) atoms. The van der Waals surface area contributed by atoms with Crippen LogP contribution in [-0.4, -0.2) is 25.5 Å². The van der Waals surface area contributed by atoms with Gasteiger partial charge in [0.1, 0.15) is 0 Å². The Labute approximate surface area is 88.5 Å². The molecule has 80 valence electrons. The van der Waals surface area contributed by atoms with Gasteiger partial charge in [0.15, 0.2) is 0 Å². The van der Waals surface area contributed by atoms with Crippen LogP contribution in [0.25, 0.3) is 0 Å². The highest BCUT2D eigenvalue weighted by atomic mass is 15.0. The van der Waals surface area contributed by atoms with Crippen LogP contribution in [0.1, 0.15) is 34.1 Å². The Bertz CT molecular complexity index is 284. The van der Waals surface area contributed by atoms with E-state index in [4.69, 9.17) is 0 Å². The summed E-state index contributed by atoms with van der Waals surface area (Å²) in [5.41, 5.74) is 4.85. The van der Waals surface area contributed by atoms with E-state index in [1.165, 1.54) is 17.6 Å². The van der Waals surface area contributed by atoms with Crippen molar-refractivity contribution in [2.45, 2.75) is 34.1 Å². The van der Waals surface area contributed by atoms with Crippen molar-refractivity contribution >= 4 is 0 Å². The second kappa shape index (κ2) is 3.90. The average molecular weight is 193 g/mol. The monoisotopic (exact) mass is 193 g/mol. The molecular weight excluding hydrogens is 170 g/mol. The van der Waals surface area contributed by atoms with Crippen molar-refractivity contribution in [3.05, 3.63) is 22.8 Å². The van der Waals surface area contributed by atoms with Crippen LogP contribution in [0.15, 0.2) is 22.8 Å². The third kappa shape index (κ3) is 1.93. The van der Waals surface area contributed by atoms with Crippen molar-refractivity contribution in [3.63, 3.8) is 0 Å². The van der Waals surface area contributed by atoms with Crippen LogP contribution >= 0.6 is 0 Å². The number of allylic oxidation sites excluding steroid dienone is 4. The fraction of sp³-hybridized carbons (Fsp3) is 0.692. The molecule has 0 heterocycles. The summed E-state index contributed by atoms with van der Waals surface area (Å²) in [6, 6.07) is 0. The Hall–Kier alpha value is -0.560. The van der Waals surface area contributed by atoms with Crippen LogP contribution < -0.4 is 0 Å². The molecule has 0 saturated carbocycles. The second-order valence-corrected chi connectivity index (χ2v) is 5.02. The Morgan fingerprint density at radius 1 is 1.21 bits per heavy atom. The van der Waals surface area contributed by atoms with E-state index in [0.29, 0.717) is 5.41 Å². The Morgan fingerprint density at radius 3 is 2.14 bits per heavy atom. The summed E-state index contributed by atoms with van der Waals surface area (Å²) in [6.07, 6.45) is 3.57. The molecule has 0 aromatic rings. The molecule has 0 saturated heterocycles. The molecule has 0 spiro atoms. The molecule has 1 rings (SSSR count). The lowest BCUT2D eigenvalue weighted by Gasteiger charge is -2.30. The van der Waals surface area contributed by atoms with E-state index < -0.39 is 0 Å². The van der Waals surface area contributed by atoms with Crippen molar-refractivity contribution in [2.75, 3.05) is 20.6 Å². The number of hydrogen-bond acceptors (Lipinski definition) is 1. The average Bonchev–Trinajstić information content (AvgIpc) is 2.28. The lowest BCUT2D eigenvalue weighted by atomic mass is 9.77. The molecule has 1 nitrogen and oxygen atoms in total. The van der Waals surface area contributed by atoms with Crippen LogP contribution in [0.2, 0.25) is 0 Å². The van der Waals surface area contributed by atoms with Gasteiger partial charge in [0.25, 0.3) is 0 Å². The molecule has 0 bridgehead atoms. The summed E-state index contributed by atoms with van der Waals surface area (Å²) in [6.45, 7) is 10.3. The zero-order valence-electron chi connectivity index (χ0n) is 10.4. The first kappa shape index (κ1) is 11.5. The molecule has 0 aromatic carbocycles. The topological polar surface area (TPSA) is 3.24 Å². The van der Waals surface area contributed by atoms with Gasteiger partial charge in [-0.3, -0.25) is 0 Å². The molecule has 0 fully saturated rings.